The van der Waals surface area contributed by atoms with E-state index >= 15 is 0 Å². The fraction of sp³-hybridized carbons (Fsp3) is 0.308. The van der Waals surface area contributed by atoms with Crippen LogP contribution in [0.4, 0.5) is 5.13 Å². The average Bonchev–Trinajstić information content (AvgIpc) is 2.85. The lowest BCUT2D eigenvalue weighted by Gasteiger charge is -2.00. The van der Waals surface area contributed by atoms with E-state index in [0.717, 1.165) is 16.0 Å². The van der Waals surface area contributed by atoms with E-state index < -0.39 is 5.97 Å². The number of carbonyl (C=O) groups excluding carboxylic acids is 2. The minimum Gasteiger partial charge on any atom is -0.497 e. The molecule has 0 aliphatic carbocycles. The maximum atomic E-state index is 11.7. The van der Waals surface area contributed by atoms with E-state index in [1.165, 1.54) is 18.4 Å². The van der Waals surface area contributed by atoms with Crippen LogP contribution < -0.4 is 10.1 Å². The minimum atomic E-state index is -0.408. The first-order valence-corrected chi connectivity index (χ1v) is 6.75. The molecule has 7 heteroatoms. The van der Waals surface area contributed by atoms with Crippen LogP contribution in [0, 0.1) is 0 Å². The van der Waals surface area contributed by atoms with Gasteiger partial charge >= 0.3 is 5.97 Å². The topological polar surface area (TPSA) is 77.5 Å². The molecule has 20 heavy (non-hydrogen) atoms. The zero-order valence-corrected chi connectivity index (χ0v) is 12.0. The number of anilines is 1. The summed E-state index contributed by atoms with van der Waals surface area (Å²) in [6.07, 6.45) is 0.132. The summed E-state index contributed by atoms with van der Waals surface area (Å²) in [6.45, 7) is 0. The third-order valence-corrected chi connectivity index (χ3v) is 3.56. The molecule has 2 rings (SSSR count). The van der Waals surface area contributed by atoms with Crippen molar-refractivity contribution in [1.29, 1.82) is 0 Å². The minimum absolute atomic E-state index is 0.0566. The zero-order valence-electron chi connectivity index (χ0n) is 11.1. The van der Waals surface area contributed by atoms with Crippen LogP contribution >= 0.6 is 11.3 Å². The molecule has 0 radical (unpaired) electrons. The predicted molar refractivity (Wildman–Crippen MR) is 76.1 cm³/mol. The number of amides is 1. The summed E-state index contributed by atoms with van der Waals surface area (Å²) in [5.41, 5.74) is 0.791. The van der Waals surface area contributed by atoms with Crippen molar-refractivity contribution in [2.24, 2.45) is 0 Å². The first-order valence-electron chi connectivity index (χ1n) is 5.93. The van der Waals surface area contributed by atoms with Crippen molar-refractivity contribution < 1.29 is 19.1 Å². The molecule has 0 aliphatic heterocycles. The summed E-state index contributed by atoms with van der Waals surface area (Å²) in [7, 11) is 2.89. The number of benzene rings is 1. The monoisotopic (exact) mass is 294 g/mol. The number of ether oxygens (including phenoxy) is 2. The van der Waals surface area contributed by atoms with Crippen LogP contribution in [0.1, 0.15) is 12.8 Å². The van der Waals surface area contributed by atoms with Crippen LogP contribution in [-0.2, 0) is 14.3 Å². The van der Waals surface area contributed by atoms with Crippen molar-refractivity contribution >= 4 is 38.6 Å². The molecule has 0 aliphatic rings. The van der Waals surface area contributed by atoms with Gasteiger partial charge in [-0.3, -0.25) is 9.59 Å². The van der Waals surface area contributed by atoms with Gasteiger partial charge in [-0.1, -0.05) is 11.3 Å². The normalized spacial score (nSPS) is 10.3. The highest BCUT2D eigenvalue weighted by atomic mass is 32.1. The Labute approximate surface area is 119 Å². The first-order chi connectivity index (χ1) is 9.62. The van der Waals surface area contributed by atoms with E-state index in [2.05, 4.69) is 15.0 Å². The van der Waals surface area contributed by atoms with Gasteiger partial charge in [0, 0.05) is 6.42 Å². The molecule has 0 fully saturated rings. The average molecular weight is 294 g/mol. The van der Waals surface area contributed by atoms with Gasteiger partial charge in [-0.2, -0.15) is 0 Å². The molecule has 0 saturated carbocycles. The van der Waals surface area contributed by atoms with Gasteiger partial charge in [-0.05, 0) is 18.2 Å². The molecule has 2 aromatic rings. The molecule has 1 heterocycles. The van der Waals surface area contributed by atoms with Crippen molar-refractivity contribution in [3.8, 4) is 5.75 Å². The number of methoxy groups -OCH3 is 2. The standard InChI is InChI=1S/C13H14N2O4S/c1-18-8-3-4-9-10(7-8)20-13(14-9)15-11(16)5-6-12(17)19-2/h3-4,7H,5-6H2,1-2H3,(H,14,15,16). The third-order valence-electron chi connectivity index (χ3n) is 2.63. The second-order valence-electron chi connectivity index (χ2n) is 3.98. The summed E-state index contributed by atoms with van der Waals surface area (Å²) in [5, 5.41) is 3.17. The molecule has 0 unspecified atom stereocenters. The van der Waals surface area contributed by atoms with Crippen molar-refractivity contribution in [2.45, 2.75) is 12.8 Å². The Morgan fingerprint density at radius 1 is 1.30 bits per heavy atom. The van der Waals surface area contributed by atoms with Gasteiger partial charge in [0.15, 0.2) is 5.13 Å². The van der Waals surface area contributed by atoms with Gasteiger partial charge in [-0.15, -0.1) is 0 Å². The highest BCUT2D eigenvalue weighted by Gasteiger charge is 2.10. The first kappa shape index (κ1) is 14.3. The number of nitrogens with one attached hydrogen (secondary N) is 1. The fourth-order valence-electron chi connectivity index (χ4n) is 1.58. The fourth-order valence-corrected chi connectivity index (χ4v) is 2.50. The van der Waals surface area contributed by atoms with Crippen molar-refractivity contribution in [1.82, 2.24) is 4.98 Å². The molecule has 0 saturated heterocycles. The Balaban J connectivity index is 2.02. The predicted octanol–water partition coefficient (Wildman–Crippen LogP) is 2.20. The summed E-state index contributed by atoms with van der Waals surface area (Å²) < 4.78 is 10.5. The summed E-state index contributed by atoms with van der Waals surface area (Å²) in [4.78, 5) is 26.9. The van der Waals surface area contributed by atoms with Gasteiger partial charge in [0.2, 0.25) is 5.91 Å². The smallest absolute Gasteiger partial charge is 0.306 e. The van der Waals surface area contributed by atoms with E-state index in [9.17, 15) is 9.59 Å². The van der Waals surface area contributed by atoms with E-state index in [-0.39, 0.29) is 18.7 Å². The number of fused-ring (bicyclic) bond motifs is 1. The highest BCUT2D eigenvalue weighted by Crippen LogP contribution is 2.29. The SMILES string of the molecule is COC(=O)CCC(=O)Nc1nc2ccc(OC)cc2s1. The summed E-state index contributed by atoms with van der Waals surface area (Å²) >= 11 is 1.36. The lowest BCUT2D eigenvalue weighted by Crippen LogP contribution is -2.13. The van der Waals surface area contributed by atoms with E-state index in [1.807, 2.05) is 18.2 Å². The lowest BCUT2D eigenvalue weighted by molar-refractivity contribution is -0.141. The van der Waals surface area contributed by atoms with Crippen LogP contribution in [0.3, 0.4) is 0 Å². The molecular formula is C13H14N2O4S. The van der Waals surface area contributed by atoms with Crippen LogP contribution in [0.25, 0.3) is 10.2 Å². The maximum Gasteiger partial charge on any atom is 0.306 e. The van der Waals surface area contributed by atoms with Gasteiger partial charge in [0.1, 0.15) is 5.75 Å². The van der Waals surface area contributed by atoms with Crippen LogP contribution in [0.15, 0.2) is 18.2 Å². The molecule has 1 aromatic heterocycles. The van der Waals surface area contributed by atoms with Crippen LogP contribution in [0.2, 0.25) is 0 Å². The van der Waals surface area contributed by atoms with Crippen molar-refractivity contribution in [3.63, 3.8) is 0 Å². The maximum absolute atomic E-state index is 11.7. The highest BCUT2D eigenvalue weighted by molar-refractivity contribution is 7.22. The van der Waals surface area contributed by atoms with Crippen LogP contribution in [-0.4, -0.2) is 31.1 Å². The number of thiazole rings is 1. The molecule has 106 valence electrons. The molecule has 1 amide bonds. The summed E-state index contributed by atoms with van der Waals surface area (Å²) in [5.74, 6) is 0.0697. The van der Waals surface area contributed by atoms with Crippen LogP contribution in [0.5, 0.6) is 5.75 Å². The largest absolute Gasteiger partial charge is 0.497 e. The Morgan fingerprint density at radius 3 is 2.80 bits per heavy atom. The second-order valence-corrected chi connectivity index (χ2v) is 5.01. The lowest BCUT2D eigenvalue weighted by atomic mass is 10.3. The molecule has 6 nitrogen and oxygen atoms in total. The quantitative estimate of drug-likeness (QED) is 0.855. The molecule has 0 bridgehead atoms. The van der Waals surface area contributed by atoms with Gasteiger partial charge in [-0.25, -0.2) is 4.98 Å². The van der Waals surface area contributed by atoms with Gasteiger partial charge < -0.3 is 14.8 Å². The van der Waals surface area contributed by atoms with Gasteiger partial charge in [0.25, 0.3) is 0 Å². The number of hydrogen-bond acceptors (Lipinski definition) is 6. The molecule has 0 spiro atoms. The van der Waals surface area contributed by atoms with Gasteiger partial charge in [0.05, 0.1) is 30.9 Å². The Kier molecular flexibility index (Phi) is 4.52. The van der Waals surface area contributed by atoms with E-state index in [0.29, 0.717) is 5.13 Å². The third kappa shape index (κ3) is 3.45. The number of rotatable bonds is 5. The summed E-state index contributed by atoms with van der Waals surface area (Å²) in [6, 6.07) is 5.50. The van der Waals surface area contributed by atoms with Crippen molar-refractivity contribution in [3.05, 3.63) is 18.2 Å². The number of hydrogen-bond donors (Lipinski definition) is 1. The number of esters is 1. The second kappa shape index (κ2) is 6.33. The van der Waals surface area contributed by atoms with E-state index in [4.69, 9.17) is 4.74 Å². The Morgan fingerprint density at radius 2 is 2.10 bits per heavy atom. The van der Waals surface area contributed by atoms with E-state index in [1.54, 1.807) is 7.11 Å². The molecule has 1 N–H and O–H groups in total. The zero-order chi connectivity index (χ0) is 14.5. The number of aromatic nitrogens is 1. The van der Waals surface area contributed by atoms with Crippen molar-refractivity contribution in [2.75, 3.05) is 19.5 Å². The molecule has 0 atom stereocenters. The Bertz CT molecular complexity index is 638. The molecule has 1 aromatic carbocycles. The molecular weight excluding hydrogens is 280 g/mol. The number of nitrogens with zero attached hydrogens (tertiary/aromatic N) is 1. The number of carbonyl (C=O) groups is 2. The Hall–Kier alpha value is -2.15.